The van der Waals surface area contributed by atoms with Gasteiger partial charge in [-0.05, 0) is 24.0 Å². The lowest BCUT2D eigenvalue weighted by molar-refractivity contribution is 0.134. The number of nitrogens with one attached hydrogen (secondary N) is 2. The van der Waals surface area contributed by atoms with Crippen LogP contribution in [0.15, 0.2) is 23.6 Å². The Morgan fingerprint density at radius 1 is 1.38 bits per heavy atom. The molecule has 0 aliphatic heterocycles. The smallest absolute Gasteiger partial charge is 0.321 e. The van der Waals surface area contributed by atoms with Gasteiger partial charge in [0.1, 0.15) is 0 Å². The van der Waals surface area contributed by atoms with Crippen LogP contribution in [0.1, 0.15) is 11.3 Å². The Morgan fingerprint density at radius 2 is 2.21 bits per heavy atom. The maximum Gasteiger partial charge on any atom is 0.321 e. The molecular weight excluding hydrogens is 389 g/mol. The molecule has 0 atom stereocenters. The minimum absolute atomic E-state index is 0.328. The largest absolute Gasteiger partial charge is 0.374 e. The van der Waals surface area contributed by atoms with Gasteiger partial charge in [-0.2, -0.15) is 11.8 Å². The van der Waals surface area contributed by atoms with Crippen molar-refractivity contribution in [1.82, 2.24) is 10.3 Å². The fourth-order valence-corrected chi connectivity index (χ4v) is 3.02. The fourth-order valence-electron chi connectivity index (χ4n) is 1.72. The zero-order valence-electron chi connectivity index (χ0n) is 13.0. The number of thioether (sulfide) groups is 1. The zero-order valence-corrected chi connectivity index (χ0v) is 16.1. The van der Waals surface area contributed by atoms with Crippen LogP contribution >= 0.6 is 46.3 Å². The topological polar surface area (TPSA) is 63.2 Å². The van der Waals surface area contributed by atoms with E-state index < -0.39 is 0 Å². The van der Waals surface area contributed by atoms with Gasteiger partial charge in [0.05, 0.1) is 29.0 Å². The summed E-state index contributed by atoms with van der Waals surface area (Å²) in [5.74, 6) is 0.951. The van der Waals surface area contributed by atoms with E-state index in [1.165, 1.54) is 11.3 Å². The zero-order chi connectivity index (χ0) is 17.4. The molecule has 9 heteroatoms. The van der Waals surface area contributed by atoms with Gasteiger partial charge in [0, 0.05) is 17.7 Å². The third kappa shape index (κ3) is 6.49. The Labute approximate surface area is 159 Å². The van der Waals surface area contributed by atoms with E-state index in [-0.39, 0.29) is 6.03 Å². The first kappa shape index (κ1) is 19.3. The van der Waals surface area contributed by atoms with E-state index in [4.69, 9.17) is 27.9 Å². The number of benzene rings is 1. The van der Waals surface area contributed by atoms with Crippen LogP contribution < -0.4 is 10.6 Å². The highest BCUT2D eigenvalue weighted by molar-refractivity contribution is 7.98. The summed E-state index contributed by atoms with van der Waals surface area (Å²) in [5, 5.41) is 8.79. The van der Waals surface area contributed by atoms with Crippen molar-refractivity contribution in [2.75, 3.05) is 23.9 Å². The standard InChI is InChI=1S/C15H17Cl2N3O2S2/c1-23-5-4-22-8-11-9-24-15(19-11)20-14(21)18-7-10-2-3-12(16)13(17)6-10/h2-3,6,9H,4-5,7-8H2,1H3,(H2,18,19,20,21). The van der Waals surface area contributed by atoms with Crippen molar-refractivity contribution in [1.29, 1.82) is 0 Å². The molecular formula is C15H17Cl2N3O2S2. The highest BCUT2D eigenvalue weighted by atomic mass is 35.5. The molecule has 1 heterocycles. The number of thiazole rings is 1. The number of nitrogens with zero attached hydrogens (tertiary/aromatic N) is 1. The molecule has 2 rings (SSSR count). The number of carbonyl (C=O) groups is 1. The molecule has 0 aliphatic rings. The molecule has 1 aromatic heterocycles. The average Bonchev–Trinajstić information content (AvgIpc) is 3.00. The van der Waals surface area contributed by atoms with Crippen molar-refractivity contribution in [3.63, 3.8) is 0 Å². The predicted octanol–water partition coefficient (Wildman–Crippen LogP) is 4.65. The first-order valence-corrected chi connectivity index (χ1v) is 10.1. The van der Waals surface area contributed by atoms with E-state index in [2.05, 4.69) is 15.6 Å². The molecule has 2 aromatic rings. The van der Waals surface area contributed by atoms with Gasteiger partial charge < -0.3 is 10.1 Å². The van der Waals surface area contributed by atoms with Crippen molar-refractivity contribution in [3.05, 3.63) is 44.9 Å². The first-order chi connectivity index (χ1) is 11.6. The minimum atomic E-state index is -0.328. The van der Waals surface area contributed by atoms with Crippen LogP contribution in [0.25, 0.3) is 0 Å². The quantitative estimate of drug-likeness (QED) is 0.627. The normalized spacial score (nSPS) is 10.6. The average molecular weight is 406 g/mol. The van der Waals surface area contributed by atoms with E-state index in [1.807, 2.05) is 17.7 Å². The maximum absolute atomic E-state index is 11.9. The monoisotopic (exact) mass is 405 g/mol. The Kier molecular flexibility index (Phi) is 8.14. The number of carbonyl (C=O) groups excluding carboxylic acids is 1. The second-order valence-corrected chi connectivity index (χ2v) is 7.40. The SMILES string of the molecule is CSCCOCc1csc(NC(=O)NCc2ccc(Cl)c(Cl)c2)n1. The third-order valence-corrected chi connectivity index (χ3v) is 5.01. The molecule has 0 spiro atoms. The molecule has 0 fully saturated rings. The summed E-state index contributed by atoms with van der Waals surface area (Å²) in [6, 6.07) is 4.90. The lowest BCUT2D eigenvalue weighted by atomic mass is 10.2. The molecule has 1 aromatic carbocycles. The molecule has 0 aliphatic carbocycles. The van der Waals surface area contributed by atoms with Crippen LogP contribution in [-0.4, -0.2) is 29.6 Å². The summed E-state index contributed by atoms with van der Waals surface area (Å²) < 4.78 is 5.48. The summed E-state index contributed by atoms with van der Waals surface area (Å²) in [6.07, 6.45) is 2.03. The molecule has 0 saturated heterocycles. The van der Waals surface area contributed by atoms with Crippen molar-refractivity contribution in [2.24, 2.45) is 0 Å². The molecule has 2 amide bonds. The van der Waals surface area contributed by atoms with Gasteiger partial charge in [-0.1, -0.05) is 29.3 Å². The number of urea groups is 1. The van der Waals surface area contributed by atoms with Crippen molar-refractivity contribution in [3.8, 4) is 0 Å². The lowest BCUT2D eigenvalue weighted by Crippen LogP contribution is -2.28. The van der Waals surface area contributed by atoms with Crippen LogP contribution in [0, 0.1) is 0 Å². The van der Waals surface area contributed by atoms with Crippen molar-refractivity contribution in [2.45, 2.75) is 13.2 Å². The number of anilines is 1. The number of halogens is 2. The third-order valence-electron chi connectivity index (χ3n) is 2.89. The van der Waals surface area contributed by atoms with E-state index in [0.717, 1.165) is 17.0 Å². The van der Waals surface area contributed by atoms with Crippen molar-refractivity contribution < 1.29 is 9.53 Å². The summed E-state index contributed by atoms with van der Waals surface area (Å²) >= 11 is 14.9. The maximum atomic E-state index is 11.9. The minimum Gasteiger partial charge on any atom is -0.374 e. The molecule has 0 saturated carbocycles. The number of hydrogen-bond acceptors (Lipinski definition) is 5. The Hall–Kier alpha value is -0.990. The molecule has 24 heavy (non-hydrogen) atoms. The second-order valence-electron chi connectivity index (χ2n) is 4.75. The molecule has 5 nitrogen and oxygen atoms in total. The van der Waals surface area contributed by atoms with Gasteiger partial charge >= 0.3 is 6.03 Å². The molecule has 0 radical (unpaired) electrons. The predicted molar refractivity (Wildman–Crippen MR) is 102 cm³/mol. The van der Waals surface area contributed by atoms with Crippen LogP contribution in [-0.2, 0) is 17.9 Å². The molecule has 0 bridgehead atoms. The van der Waals surface area contributed by atoms with Gasteiger partial charge in [0.15, 0.2) is 5.13 Å². The first-order valence-electron chi connectivity index (χ1n) is 7.08. The van der Waals surface area contributed by atoms with Gasteiger partial charge in [-0.15, -0.1) is 11.3 Å². The van der Waals surface area contributed by atoms with E-state index >= 15 is 0 Å². The molecule has 0 unspecified atom stereocenters. The van der Waals surface area contributed by atoms with Gasteiger partial charge in [0.2, 0.25) is 0 Å². The number of aromatic nitrogens is 1. The highest BCUT2D eigenvalue weighted by Gasteiger charge is 2.07. The Bertz CT molecular complexity index is 682. The van der Waals surface area contributed by atoms with E-state index in [0.29, 0.717) is 34.9 Å². The lowest BCUT2D eigenvalue weighted by Gasteiger charge is -2.06. The van der Waals surface area contributed by atoms with E-state index in [1.54, 1.807) is 23.9 Å². The van der Waals surface area contributed by atoms with Crippen LogP contribution in [0.3, 0.4) is 0 Å². The Morgan fingerprint density at radius 3 is 2.96 bits per heavy atom. The highest BCUT2D eigenvalue weighted by Crippen LogP contribution is 2.22. The molecule has 2 N–H and O–H groups in total. The Balaban J connectivity index is 1.75. The van der Waals surface area contributed by atoms with Crippen LogP contribution in [0.2, 0.25) is 10.0 Å². The number of hydrogen-bond donors (Lipinski definition) is 2. The second kappa shape index (κ2) is 10.1. The van der Waals surface area contributed by atoms with Gasteiger partial charge in [-0.3, -0.25) is 5.32 Å². The van der Waals surface area contributed by atoms with E-state index in [9.17, 15) is 4.79 Å². The summed E-state index contributed by atoms with van der Waals surface area (Å²) in [5.41, 5.74) is 1.67. The summed E-state index contributed by atoms with van der Waals surface area (Å²) in [6.45, 7) is 1.48. The fraction of sp³-hybridized carbons (Fsp3) is 0.333. The number of rotatable bonds is 8. The number of amides is 2. The van der Waals surface area contributed by atoms with Crippen LogP contribution in [0.5, 0.6) is 0 Å². The summed E-state index contributed by atoms with van der Waals surface area (Å²) in [4.78, 5) is 16.2. The van der Waals surface area contributed by atoms with Gasteiger partial charge in [-0.25, -0.2) is 9.78 Å². The van der Waals surface area contributed by atoms with Crippen molar-refractivity contribution >= 4 is 57.5 Å². The number of ether oxygens (including phenoxy) is 1. The van der Waals surface area contributed by atoms with Crippen LogP contribution in [0.4, 0.5) is 9.93 Å². The molecule has 130 valence electrons. The summed E-state index contributed by atoms with van der Waals surface area (Å²) in [7, 11) is 0. The van der Waals surface area contributed by atoms with Gasteiger partial charge in [0.25, 0.3) is 0 Å².